The molecule has 0 bridgehead atoms. The smallest absolute Gasteiger partial charge is 0.233 e. The Hall–Kier alpha value is -3.11. The summed E-state index contributed by atoms with van der Waals surface area (Å²) < 4.78 is 6.37. The monoisotopic (exact) mass is 395 g/mol. The molecule has 1 fully saturated rings. The molecule has 2 atom stereocenters. The summed E-state index contributed by atoms with van der Waals surface area (Å²) in [5.74, 6) is 0.885. The molecule has 0 amide bonds. The minimum atomic E-state index is -0.0970. The highest BCUT2D eigenvalue weighted by Crippen LogP contribution is 2.44. The number of anilines is 1. The number of aryl methyl sites for hydroxylation is 3. The van der Waals surface area contributed by atoms with Crippen molar-refractivity contribution in [3.8, 4) is 0 Å². The average Bonchev–Trinajstić information content (AvgIpc) is 3.17. The Kier molecular flexibility index (Phi) is 4.80. The molecule has 150 valence electrons. The van der Waals surface area contributed by atoms with Gasteiger partial charge in [0.15, 0.2) is 5.84 Å². The van der Waals surface area contributed by atoms with Crippen LogP contribution >= 0.6 is 0 Å². The maximum absolute atomic E-state index is 6.37. The minimum Gasteiger partial charge on any atom is -0.363 e. The zero-order valence-electron chi connectivity index (χ0n) is 17.5. The van der Waals surface area contributed by atoms with Gasteiger partial charge in [0, 0.05) is 0 Å². The Morgan fingerprint density at radius 1 is 0.867 bits per heavy atom. The van der Waals surface area contributed by atoms with Gasteiger partial charge in [0.05, 0.1) is 11.7 Å². The lowest BCUT2D eigenvalue weighted by Gasteiger charge is -2.40. The molecule has 0 spiro atoms. The molecular formula is C26H25N3O. The summed E-state index contributed by atoms with van der Waals surface area (Å²) in [7, 11) is 0. The molecule has 0 unspecified atom stereocenters. The van der Waals surface area contributed by atoms with Crippen molar-refractivity contribution in [3.63, 3.8) is 0 Å². The molecule has 2 aliphatic rings. The Bertz CT molecular complexity index is 1050. The number of fused-ring (bicyclic) bond motifs is 1. The van der Waals surface area contributed by atoms with E-state index in [2.05, 4.69) is 93.0 Å². The molecule has 0 N–H and O–H groups in total. The lowest BCUT2D eigenvalue weighted by Crippen LogP contribution is -2.42. The molecule has 1 saturated heterocycles. The molecule has 4 heteroatoms. The van der Waals surface area contributed by atoms with Crippen molar-refractivity contribution in [2.45, 2.75) is 32.9 Å². The van der Waals surface area contributed by atoms with Gasteiger partial charge in [-0.05, 0) is 43.0 Å². The summed E-state index contributed by atoms with van der Waals surface area (Å²) in [6.45, 7) is 10.4. The summed E-state index contributed by atoms with van der Waals surface area (Å²) in [5, 5.41) is 6.77. The largest absolute Gasteiger partial charge is 0.363 e. The Balaban J connectivity index is 1.54. The maximum Gasteiger partial charge on any atom is 0.233 e. The van der Waals surface area contributed by atoms with Crippen LogP contribution < -0.4 is 5.01 Å². The van der Waals surface area contributed by atoms with Gasteiger partial charge in [-0.3, -0.25) is 0 Å². The van der Waals surface area contributed by atoms with E-state index < -0.39 is 0 Å². The lowest BCUT2D eigenvalue weighted by atomic mass is 9.93. The third-order valence-electron chi connectivity index (χ3n) is 5.77. The summed E-state index contributed by atoms with van der Waals surface area (Å²) in [6.07, 6.45) is -0.0970. The first-order chi connectivity index (χ1) is 14.6. The molecule has 5 rings (SSSR count). The highest BCUT2D eigenvalue weighted by Gasteiger charge is 2.42. The fraction of sp³-hybridized carbons (Fsp3) is 0.231. The lowest BCUT2D eigenvalue weighted by molar-refractivity contribution is -0.000741. The van der Waals surface area contributed by atoms with Crippen molar-refractivity contribution in [1.82, 2.24) is 4.90 Å². The Morgan fingerprint density at radius 2 is 1.47 bits per heavy atom. The van der Waals surface area contributed by atoms with E-state index in [1.54, 1.807) is 0 Å². The summed E-state index contributed by atoms with van der Waals surface area (Å²) in [5.41, 5.74) is 7.08. The van der Waals surface area contributed by atoms with Crippen LogP contribution in [0.4, 0.5) is 5.69 Å². The van der Waals surface area contributed by atoms with E-state index in [4.69, 9.17) is 9.84 Å². The molecule has 4 nitrogen and oxygen atoms in total. The average molecular weight is 396 g/mol. The van der Waals surface area contributed by atoms with E-state index in [9.17, 15) is 0 Å². The Labute approximate surface area is 178 Å². The number of benzene rings is 3. The van der Waals surface area contributed by atoms with Crippen LogP contribution in [-0.2, 0) is 4.74 Å². The highest BCUT2D eigenvalue weighted by atomic mass is 16.5. The second kappa shape index (κ2) is 7.62. The second-order valence-corrected chi connectivity index (χ2v) is 8.04. The molecular weight excluding hydrogens is 370 g/mol. The van der Waals surface area contributed by atoms with Crippen LogP contribution in [0.2, 0.25) is 0 Å². The molecule has 2 heterocycles. The van der Waals surface area contributed by atoms with Gasteiger partial charge in [0.25, 0.3) is 0 Å². The molecule has 2 aliphatic heterocycles. The number of hydrazone groups is 1. The number of ether oxygens (including phenoxy) is 1. The number of morpholine rings is 1. The van der Waals surface area contributed by atoms with Gasteiger partial charge in [-0.1, -0.05) is 78.4 Å². The van der Waals surface area contributed by atoms with E-state index in [1.807, 2.05) is 17.1 Å². The molecule has 3 aromatic rings. The third kappa shape index (κ3) is 3.27. The zero-order chi connectivity index (χ0) is 20.7. The predicted octanol–water partition coefficient (Wildman–Crippen LogP) is 5.56. The molecule has 0 aromatic heterocycles. The first-order valence-electron chi connectivity index (χ1n) is 10.3. The second-order valence-electron chi connectivity index (χ2n) is 8.04. The fourth-order valence-electron chi connectivity index (χ4n) is 4.56. The molecule has 3 aromatic carbocycles. The summed E-state index contributed by atoms with van der Waals surface area (Å²) in [4.78, 5) is 2.16. The third-order valence-corrected chi connectivity index (χ3v) is 5.77. The van der Waals surface area contributed by atoms with Crippen molar-refractivity contribution >= 4 is 11.5 Å². The van der Waals surface area contributed by atoms with Crippen LogP contribution in [0.3, 0.4) is 0 Å². The number of rotatable bonds is 3. The fourth-order valence-corrected chi connectivity index (χ4v) is 4.56. The quantitative estimate of drug-likeness (QED) is 0.581. The SMILES string of the molecule is Cc1cc(C)c(N2[C]N3C(=N2)CO[C@H](c2ccccc2)[C@@H]3c2ccccc2)c(C)c1. The van der Waals surface area contributed by atoms with E-state index in [0.717, 1.165) is 17.1 Å². The van der Waals surface area contributed by atoms with Crippen molar-refractivity contribution in [3.05, 3.63) is 107 Å². The Morgan fingerprint density at radius 3 is 2.10 bits per heavy atom. The number of nitrogens with zero attached hydrogens (tertiary/aromatic N) is 3. The first kappa shape index (κ1) is 18.9. The summed E-state index contributed by atoms with van der Waals surface area (Å²) >= 11 is 0. The zero-order valence-corrected chi connectivity index (χ0v) is 17.5. The molecule has 30 heavy (non-hydrogen) atoms. The van der Waals surface area contributed by atoms with Crippen LogP contribution in [0, 0.1) is 27.4 Å². The van der Waals surface area contributed by atoms with E-state index in [-0.39, 0.29) is 12.1 Å². The van der Waals surface area contributed by atoms with Crippen LogP contribution in [-0.4, -0.2) is 17.3 Å². The van der Waals surface area contributed by atoms with E-state index in [1.165, 1.54) is 22.3 Å². The van der Waals surface area contributed by atoms with Crippen molar-refractivity contribution in [2.24, 2.45) is 5.10 Å². The van der Waals surface area contributed by atoms with Gasteiger partial charge < -0.3 is 9.64 Å². The van der Waals surface area contributed by atoms with Gasteiger partial charge in [-0.2, -0.15) is 5.10 Å². The van der Waals surface area contributed by atoms with Crippen molar-refractivity contribution in [1.29, 1.82) is 0 Å². The van der Waals surface area contributed by atoms with Crippen molar-refractivity contribution in [2.75, 3.05) is 11.6 Å². The van der Waals surface area contributed by atoms with Crippen LogP contribution in [0.25, 0.3) is 0 Å². The maximum atomic E-state index is 6.37. The van der Waals surface area contributed by atoms with Gasteiger partial charge >= 0.3 is 0 Å². The number of amidine groups is 1. The predicted molar refractivity (Wildman–Crippen MR) is 120 cm³/mol. The number of hydrogen-bond donors (Lipinski definition) is 0. The van der Waals surface area contributed by atoms with Gasteiger partial charge in [0.1, 0.15) is 12.7 Å². The molecule has 2 radical (unpaired) electrons. The van der Waals surface area contributed by atoms with Gasteiger partial charge in [0.2, 0.25) is 6.67 Å². The number of hydrogen-bond acceptors (Lipinski definition) is 4. The van der Waals surface area contributed by atoms with Crippen LogP contribution in [0.15, 0.2) is 77.9 Å². The topological polar surface area (TPSA) is 28.1 Å². The normalized spacial score (nSPS) is 20.8. The van der Waals surface area contributed by atoms with Crippen LogP contribution in [0.1, 0.15) is 40.0 Å². The minimum absolute atomic E-state index is 0.0304. The van der Waals surface area contributed by atoms with Gasteiger partial charge in [-0.15, -0.1) is 0 Å². The first-order valence-corrected chi connectivity index (χ1v) is 10.3. The standard InChI is InChI=1S/C26H25N3O/c1-18-14-19(2)24(20(3)15-18)29-17-28-23(27-29)16-30-26(22-12-8-5-9-13-22)25(28)21-10-6-4-7-11-21/h4-15,25-26H,16H2,1-3H3/t25-,26+/m0/s1. The van der Waals surface area contributed by atoms with E-state index in [0.29, 0.717) is 6.61 Å². The molecule has 0 aliphatic carbocycles. The van der Waals surface area contributed by atoms with Gasteiger partial charge in [-0.25, -0.2) is 5.01 Å². The van der Waals surface area contributed by atoms with Crippen molar-refractivity contribution < 1.29 is 4.74 Å². The molecule has 0 saturated carbocycles. The highest BCUT2D eigenvalue weighted by molar-refractivity contribution is 5.89. The van der Waals surface area contributed by atoms with E-state index >= 15 is 0 Å². The summed E-state index contributed by atoms with van der Waals surface area (Å²) in [6, 6.07) is 25.3. The van der Waals surface area contributed by atoms with Crippen LogP contribution in [0.5, 0.6) is 0 Å².